The van der Waals surface area contributed by atoms with Crippen LogP contribution in [-0.4, -0.2) is 52.2 Å². The van der Waals surface area contributed by atoms with Gasteiger partial charge in [0.15, 0.2) is 5.82 Å². The number of likely N-dealkylation sites (tertiary alicyclic amines) is 2. The Labute approximate surface area is 190 Å². The summed E-state index contributed by atoms with van der Waals surface area (Å²) in [5, 5.41) is 24.1. The predicted molar refractivity (Wildman–Crippen MR) is 129 cm³/mol. The van der Waals surface area contributed by atoms with Gasteiger partial charge < -0.3 is 10.2 Å². The van der Waals surface area contributed by atoms with E-state index in [-0.39, 0.29) is 6.04 Å². The Bertz CT molecular complexity index is 1230. The number of aromatic nitrogens is 2. The number of anilines is 1. The lowest BCUT2D eigenvalue weighted by molar-refractivity contribution is -0.0875. The van der Waals surface area contributed by atoms with E-state index in [1.165, 1.54) is 5.57 Å². The number of piperazine rings is 1. The Morgan fingerprint density at radius 1 is 1.25 bits per heavy atom. The van der Waals surface area contributed by atoms with Gasteiger partial charge in [-0.2, -0.15) is 10.4 Å². The Morgan fingerprint density at radius 2 is 2.00 bits per heavy atom. The SMILES string of the molecule is C=C(/C=c1/c(N[C@H](C)c2cccc(C#N)c2C)nnc(C)c1=C(C)C)N1C[C@H]2C1CN2C. The second kappa shape index (κ2) is 8.40. The Balaban J connectivity index is 1.74. The molecule has 2 aromatic rings. The zero-order valence-electron chi connectivity index (χ0n) is 19.9. The van der Waals surface area contributed by atoms with Gasteiger partial charge in [0, 0.05) is 35.3 Å². The van der Waals surface area contributed by atoms with E-state index in [9.17, 15) is 5.26 Å². The van der Waals surface area contributed by atoms with Gasteiger partial charge in [-0.1, -0.05) is 24.3 Å². The molecule has 32 heavy (non-hydrogen) atoms. The lowest BCUT2D eigenvalue weighted by atomic mass is 9.85. The van der Waals surface area contributed by atoms with Crippen LogP contribution < -0.4 is 15.8 Å². The van der Waals surface area contributed by atoms with Gasteiger partial charge in [0.25, 0.3) is 0 Å². The molecule has 3 heterocycles. The molecule has 0 radical (unpaired) electrons. The first-order valence-corrected chi connectivity index (χ1v) is 11.2. The van der Waals surface area contributed by atoms with E-state index in [1.807, 2.05) is 26.0 Å². The normalized spacial score (nSPS) is 21.2. The molecule has 0 bridgehead atoms. The van der Waals surface area contributed by atoms with Crippen LogP contribution >= 0.6 is 0 Å². The number of nitriles is 1. The molecule has 1 unspecified atom stereocenters. The van der Waals surface area contributed by atoms with Crippen LogP contribution in [0, 0.1) is 25.2 Å². The van der Waals surface area contributed by atoms with Crippen LogP contribution in [0.4, 0.5) is 5.82 Å². The van der Waals surface area contributed by atoms with E-state index in [0.717, 1.165) is 51.9 Å². The first-order valence-electron chi connectivity index (χ1n) is 11.2. The molecule has 6 heteroatoms. The zero-order valence-corrected chi connectivity index (χ0v) is 19.9. The van der Waals surface area contributed by atoms with Crippen molar-refractivity contribution in [2.75, 3.05) is 25.5 Å². The van der Waals surface area contributed by atoms with Crippen molar-refractivity contribution < 1.29 is 0 Å². The summed E-state index contributed by atoms with van der Waals surface area (Å²) in [6.45, 7) is 16.8. The highest BCUT2D eigenvalue weighted by Gasteiger charge is 2.49. The fourth-order valence-corrected chi connectivity index (χ4v) is 5.00. The summed E-state index contributed by atoms with van der Waals surface area (Å²) in [5.41, 5.74) is 5.90. The van der Waals surface area contributed by atoms with E-state index in [4.69, 9.17) is 0 Å². The van der Waals surface area contributed by atoms with Gasteiger partial charge in [-0.15, -0.1) is 5.10 Å². The van der Waals surface area contributed by atoms with Crippen molar-refractivity contribution in [1.29, 1.82) is 5.26 Å². The number of rotatable bonds is 5. The minimum absolute atomic E-state index is 0.0283. The molecule has 4 rings (SSSR count). The van der Waals surface area contributed by atoms with Crippen molar-refractivity contribution in [3.05, 3.63) is 63.3 Å². The van der Waals surface area contributed by atoms with Gasteiger partial charge >= 0.3 is 0 Å². The molecule has 166 valence electrons. The van der Waals surface area contributed by atoms with Crippen molar-refractivity contribution in [3.63, 3.8) is 0 Å². The predicted octanol–water partition coefficient (Wildman–Crippen LogP) is 2.62. The monoisotopic (exact) mass is 428 g/mol. The van der Waals surface area contributed by atoms with Crippen molar-refractivity contribution in [1.82, 2.24) is 20.0 Å². The van der Waals surface area contributed by atoms with Crippen LogP contribution in [0.3, 0.4) is 0 Å². The molecule has 2 aliphatic heterocycles. The lowest BCUT2D eigenvalue weighted by Crippen LogP contribution is -2.76. The fourth-order valence-electron chi connectivity index (χ4n) is 5.00. The van der Waals surface area contributed by atoms with Gasteiger partial charge in [-0.3, -0.25) is 4.90 Å². The highest BCUT2D eigenvalue weighted by molar-refractivity contribution is 5.57. The molecular weight excluding hydrogens is 396 g/mol. The molecule has 2 fully saturated rings. The molecule has 1 N–H and O–H groups in total. The first-order chi connectivity index (χ1) is 15.2. The second-order valence-corrected chi connectivity index (χ2v) is 9.28. The van der Waals surface area contributed by atoms with Gasteiger partial charge in [-0.05, 0) is 64.9 Å². The maximum atomic E-state index is 9.41. The number of likely N-dealkylation sites (N-methyl/N-ethyl adjacent to an activating group) is 1. The topological polar surface area (TPSA) is 68.1 Å². The van der Waals surface area contributed by atoms with E-state index in [1.54, 1.807) is 0 Å². The third-order valence-electron chi connectivity index (χ3n) is 6.95. The molecule has 2 saturated heterocycles. The number of hydrogen-bond acceptors (Lipinski definition) is 6. The number of nitrogens with one attached hydrogen (secondary N) is 1. The van der Waals surface area contributed by atoms with Crippen LogP contribution in [0.15, 0.2) is 30.5 Å². The molecular formula is C26H32N6. The number of aryl methyl sites for hydroxylation is 1. The summed E-state index contributed by atoms with van der Waals surface area (Å²) in [6, 6.07) is 9.32. The fraction of sp³-hybridized carbons (Fsp3) is 0.423. The molecule has 0 aliphatic carbocycles. The number of nitrogens with zero attached hydrogens (tertiary/aromatic N) is 5. The van der Waals surface area contributed by atoms with Crippen LogP contribution in [0.25, 0.3) is 11.6 Å². The summed E-state index contributed by atoms with van der Waals surface area (Å²) in [6.07, 6.45) is 2.16. The number of allylic oxidation sites excluding steroid dienone is 1. The lowest BCUT2D eigenvalue weighted by Gasteiger charge is -2.62. The third kappa shape index (κ3) is 3.67. The summed E-state index contributed by atoms with van der Waals surface area (Å²) in [5.74, 6) is 0.741. The summed E-state index contributed by atoms with van der Waals surface area (Å²) in [4.78, 5) is 4.79. The quantitative estimate of drug-likeness (QED) is 0.790. The molecule has 6 nitrogen and oxygen atoms in total. The van der Waals surface area contributed by atoms with Crippen molar-refractivity contribution >= 4 is 17.5 Å². The van der Waals surface area contributed by atoms with Gasteiger partial charge in [0.1, 0.15) is 0 Å². The van der Waals surface area contributed by atoms with E-state index in [2.05, 4.69) is 77.9 Å². The van der Waals surface area contributed by atoms with E-state index < -0.39 is 0 Å². The Morgan fingerprint density at radius 3 is 2.59 bits per heavy atom. The highest BCUT2D eigenvalue weighted by atomic mass is 15.4. The number of hydrogen-bond donors (Lipinski definition) is 1. The highest BCUT2D eigenvalue weighted by Crippen LogP contribution is 2.34. The molecule has 1 aromatic heterocycles. The standard InChI is InChI=1S/C26H32N6/c1-15(2)25-19(6)29-30-26(28-18(5)21-10-8-9-20(12-27)17(21)4)22(25)11-16(3)32-14-23-24(32)13-31(23)7/h8-11,18,23-24H,3,13-14H2,1-2,4-7H3,(H,28,30)/b22-11+/t18-,23+,24?/m1/s1. The molecule has 0 spiro atoms. The van der Waals surface area contributed by atoms with Crippen LogP contribution in [0.5, 0.6) is 0 Å². The van der Waals surface area contributed by atoms with Crippen LogP contribution in [0.1, 0.15) is 49.2 Å². The smallest absolute Gasteiger partial charge is 0.157 e. The molecule has 0 amide bonds. The summed E-state index contributed by atoms with van der Waals surface area (Å²) >= 11 is 0. The van der Waals surface area contributed by atoms with Gasteiger partial charge in [-0.25, -0.2) is 0 Å². The van der Waals surface area contributed by atoms with Crippen molar-refractivity contribution in [2.45, 2.75) is 52.7 Å². The molecule has 3 atom stereocenters. The minimum Gasteiger partial charge on any atom is -0.364 e. The Hall–Kier alpha value is -3.17. The average Bonchev–Trinajstić information content (AvgIpc) is 2.73. The zero-order chi connectivity index (χ0) is 23.2. The van der Waals surface area contributed by atoms with Crippen molar-refractivity contribution in [3.8, 4) is 6.07 Å². The maximum absolute atomic E-state index is 9.41. The third-order valence-corrected chi connectivity index (χ3v) is 6.95. The molecule has 1 aromatic carbocycles. The maximum Gasteiger partial charge on any atom is 0.157 e. The summed E-state index contributed by atoms with van der Waals surface area (Å²) in [7, 11) is 2.18. The minimum atomic E-state index is -0.0283. The average molecular weight is 429 g/mol. The van der Waals surface area contributed by atoms with E-state index >= 15 is 0 Å². The summed E-state index contributed by atoms with van der Waals surface area (Å²) < 4.78 is 0. The molecule has 2 aliphatic rings. The Kier molecular flexibility index (Phi) is 5.79. The van der Waals surface area contributed by atoms with Crippen LogP contribution in [0.2, 0.25) is 0 Å². The molecule has 0 saturated carbocycles. The van der Waals surface area contributed by atoms with Gasteiger partial charge in [0.2, 0.25) is 0 Å². The number of benzene rings is 1. The van der Waals surface area contributed by atoms with Crippen LogP contribution in [-0.2, 0) is 0 Å². The largest absolute Gasteiger partial charge is 0.364 e. The van der Waals surface area contributed by atoms with Crippen molar-refractivity contribution in [2.24, 2.45) is 0 Å². The van der Waals surface area contributed by atoms with E-state index in [0.29, 0.717) is 17.6 Å². The van der Waals surface area contributed by atoms with Gasteiger partial charge in [0.05, 0.1) is 29.4 Å². The second-order valence-electron chi connectivity index (χ2n) is 9.28. The first kappa shape index (κ1) is 22.0. The number of fused-ring (bicyclic) bond motifs is 1.